The molecule has 0 unspecified atom stereocenters. The summed E-state index contributed by atoms with van der Waals surface area (Å²) in [5, 5.41) is 6.21. The lowest BCUT2D eigenvalue weighted by atomic mass is 10.2. The van der Waals surface area contributed by atoms with E-state index in [1.807, 2.05) is 62.4 Å². The first-order valence-corrected chi connectivity index (χ1v) is 8.41. The normalized spacial score (nSPS) is 11.9. The Hall–Kier alpha value is -2.53. The van der Waals surface area contributed by atoms with Gasteiger partial charge in [0.15, 0.2) is 0 Å². The van der Waals surface area contributed by atoms with E-state index in [9.17, 15) is 4.79 Å². The monoisotopic (exact) mass is 342 g/mol. The molecule has 1 amide bonds. The van der Waals surface area contributed by atoms with Crippen LogP contribution in [0.2, 0.25) is 0 Å². The van der Waals surface area contributed by atoms with Gasteiger partial charge in [-0.05, 0) is 45.0 Å². The van der Waals surface area contributed by atoms with Gasteiger partial charge in [0.1, 0.15) is 11.9 Å². The van der Waals surface area contributed by atoms with Crippen molar-refractivity contribution in [3.05, 3.63) is 54.1 Å². The number of benzene rings is 2. The molecule has 0 bridgehead atoms. The van der Waals surface area contributed by atoms with Crippen LogP contribution in [0.4, 0.5) is 11.4 Å². The number of methoxy groups -OCH3 is 1. The van der Waals surface area contributed by atoms with Gasteiger partial charge >= 0.3 is 0 Å². The lowest BCUT2D eigenvalue weighted by molar-refractivity contribution is -0.124. The van der Waals surface area contributed by atoms with E-state index in [-0.39, 0.29) is 12.0 Å². The highest BCUT2D eigenvalue weighted by Gasteiger charge is 2.11. The van der Waals surface area contributed by atoms with Gasteiger partial charge in [-0.25, -0.2) is 0 Å². The predicted molar refractivity (Wildman–Crippen MR) is 101 cm³/mol. The summed E-state index contributed by atoms with van der Waals surface area (Å²) in [6, 6.07) is 15.6. The fourth-order valence-electron chi connectivity index (χ4n) is 2.27. The molecule has 0 aliphatic carbocycles. The highest BCUT2D eigenvalue weighted by molar-refractivity contribution is 5.94. The highest BCUT2D eigenvalue weighted by atomic mass is 16.5. The highest BCUT2D eigenvalue weighted by Crippen LogP contribution is 2.22. The molecule has 0 fully saturated rings. The van der Waals surface area contributed by atoms with Crippen molar-refractivity contribution in [3.8, 4) is 5.75 Å². The number of anilines is 2. The quantitative estimate of drug-likeness (QED) is 0.759. The number of carbonyl (C=O) groups excluding carboxylic acids is 1. The van der Waals surface area contributed by atoms with E-state index in [4.69, 9.17) is 9.47 Å². The van der Waals surface area contributed by atoms with Crippen molar-refractivity contribution >= 4 is 17.3 Å². The van der Waals surface area contributed by atoms with E-state index in [0.717, 1.165) is 22.7 Å². The van der Waals surface area contributed by atoms with Crippen LogP contribution in [0.25, 0.3) is 0 Å². The van der Waals surface area contributed by atoms with Gasteiger partial charge in [-0.15, -0.1) is 0 Å². The summed E-state index contributed by atoms with van der Waals surface area (Å²) in [5.74, 6) is 0.707. The molecule has 0 aromatic heterocycles. The first-order valence-electron chi connectivity index (χ1n) is 8.41. The van der Waals surface area contributed by atoms with Crippen LogP contribution in [0.1, 0.15) is 26.3 Å². The van der Waals surface area contributed by atoms with Crippen LogP contribution in [0.5, 0.6) is 5.75 Å². The summed E-state index contributed by atoms with van der Waals surface area (Å²) in [4.78, 5) is 11.9. The largest absolute Gasteiger partial charge is 0.491 e. The number of carbonyl (C=O) groups is 1. The Morgan fingerprint density at radius 2 is 1.76 bits per heavy atom. The first-order chi connectivity index (χ1) is 12.0. The molecule has 0 aliphatic heterocycles. The fraction of sp³-hybridized carbons (Fsp3) is 0.350. The molecule has 5 nitrogen and oxygen atoms in total. The van der Waals surface area contributed by atoms with Crippen molar-refractivity contribution in [2.75, 3.05) is 17.7 Å². The second kappa shape index (κ2) is 9.08. The molecule has 0 radical (unpaired) electrons. The molecule has 0 saturated heterocycles. The Labute approximate surface area is 149 Å². The lowest BCUT2D eigenvalue weighted by Gasteiger charge is -2.15. The predicted octanol–water partition coefficient (Wildman–Crippen LogP) is 4.06. The molecular formula is C20H26N2O3. The molecule has 5 heteroatoms. The Bertz CT molecular complexity index is 701. The Morgan fingerprint density at radius 1 is 1.04 bits per heavy atom. The van der Waals surface area contributed by atoms with Gasteiger partial charge in [-0.3, -0.25) is 4.79 Å². The van der Waals surface area contributed by atoms with Crippen molar-refractivity contribution in [1.29, 1.82) is 0 Å². The zero-order valence-corrected chi connectivity index (χ0v) is 15.2. The topological polar surface area (TPSA) is 59.6 Å². The molecule has 134 valence electrons. The van der Waals surface area contributed by atoms with Crippen LogP contribution in [0.3, 0.4) is 0 Å². The average molecular weight is 342 g/mol. The van der Waals surface area contributed by atoms with E-state index in [0.29, 0.717) is 6.54 Å². The van der Waals surface area contributed by atoms with Crippen molar-refractivity contribution in [1.82, 2.24) is 0 Å². The molecule has 0 spiro atoms. The maximum Gasteiger partial charge on any atom is 0.253 e. The number of para-hydroxylation sites is 1. The van der Waals surface area contributed by atoms with Gasteiger partial charge in [0.25, 0.3) is 5.91 Å². The smallest absolute Gasteiger partial charge is 0.253 e. The van der Waals surface area contributed by atoms with Crippen molar-refractivity contribution < 1.29 is 14.3 Å². The third-order valence-electron chi connectivity index (χ3n) is 3.67. The van der Waals surface area contributed by atoms with Gasteiger partial charge in [0.05, 0.1) is 6.10 Å². The van der Waals surface area contributed by atoms with Gasteiger partial charge < -0.3 is 20.1 Å². The SMILES string of the molecule is CO[C@@H](C)C(=O)Nc1cccc(NCc2ccccc2OC(C)C)c1. The van der Waals surface area contributed by atoms with Gasteiger partial charge in [-0.1, -0.05) is 24.3 Å². The molecule has 2 N–H and O–H groups in total. The first kappa shape index (κ1) is 18.8. The molecule has 2 aromatic rings. The number of amides is 1. The summed E-state index contributed by atoms with van der Waals surface area (Å²) >= 11 is 0. The van der Waals surface area contributed by atoms with Crippen molar-refractivity contribution in [2.24, 2.45) is 0 Å². The second-order valence-electron chi connectivity index (χ2n) is 6.08. The summed E-state index contributed by atoms with van der Waals surface area (Å²) in [5.41, 5.74) is 2.73. The zero-order valence-electron chi connectivity index (χ0n) is 15.2. The summed E-state index contributed by atoms with van der Waals surface area (Å²) < 4.78 is 10.9. The standard InChI is InChI=1S/C20H26N2O3/c1-14(2)25-19-11-6-5-8-16(19)13-21-17-9-7-10-18(12-17)22-20(23)15(3)24-4/h5-12,14-15,21H,13H2,1-4H3,(H,22,23)/t15-/m0/s1. The molecule has 25 heavy (non-hydrogen) atoms. The van der Waals surface area contributed by atoms with Crippen LogP contribution in [-0.2, 0) is 16.1 Å². The Morgan fingerprint density at radius 3 is 2.48 bits per heavy atom. The zero-order chi connectivity index (χ0) is 18.2. The summed E-state index contributed by atoms with van der Waals surface area (Å²) in [6.07, 6.45) is -0.362. The molecule has 0 aliphatic rings. The van der Waals surface area contributed by atoms with Crippen molar-refractivity contribution in [3.63, 3.8) is 0 Å². The molecular weight excluding hydrogens is 316 g/mol. The summed E-state index contributed by atoms with van der Waals surface area (Å²) in [6.45, 7) is 6.37. The number of hydrogen-bond acceptors (Lipinski definition) is 4. The minimum absolute atomic E-state index is 0.127. The number of nitrogens with one attached hydrogen (secondary N) is 2. The van der Waals surface area contributed by atoms with Crippen LogP contribution < -0.4 is 15.4 Å². The van der Waals surface area contributed by atoms with E-state index in [2.05, 4.69) is 10.6 Å². The Kier molecular flexibility index (Phi) is 6.83. The molecule has 1 atom stereocenters. The van der Waals surface area contributed by atoms with E-state index in [1.54, 1.807) is 6.92 Å². The number of rotatable bonds is 8. The minimum Gasteiger partial charge on any atom is -0.491 e. The third-order valence-corrected chi connectivity index (χ3v) is 3.67. The van der Waals surface area contributed by atoms with E-state index >= 15 is 0 Å². The number of hydrogen-bond donors (Lipinski definition) is 2. The van der Waals surface area contributed by atoms with Crippen LogP contribution in [0.15, 0.2) is 48.5 Å². The molecule has 0 saturated carbocycles. The van der Waals surface area contributed by atoms with E-state index < -0.39 is 6.10 Å². The summed E-state index contributed by atoms with van der Waals surface area (Å²) in [7, 11) is 1.51. The maximum atomic E-state index is 11.9. The lowest BCUT2D eigenvalue weighted by Crippen LogP contribution is -2.26. The fourth-order valence-corrected chi connectivity index (χ4v) is 2.27. The van der Waals surface area contributed by atoms with Gasteiger partial charge in [0.2, 0.25) is 0 Å². The molecule has 0 heterocycles. The van der Waals surface area contributed by atoms with Gasteiger partial charge in [0, 0.05) is 30.6 Å². The van der Waals surface area contributed by atoms with Crippen LogP contribution in [0, 0.1) is 0 Å². The second-order valence-corrected chi connectivity index (χ2v) is 6.08. The van der Waals surface area contributed by atoms with Crippen LogP contribution in [-0.4, -0.2) is 25.2 Å². The minimum atomic E-state index is -0.489. The Balaban J connectivity index is 2.02. The van der Waals surface area contributed by atoms with Gasteiger partial charge in [-0.2, -0.15) is 0 Å². The number of ether oxygens (including phenoxy) is 2. The van der Waals surface area contributed by atoms with Crippen LogP contribution >= 0.6 is 0 Å². The molecule has 2 rings (SSSR count). The average Bonchev–Trinajstić information content (AvgIpc) is 2.60. The molecule has 2 aromatic carbocycles. The van der Waals surface area contributed by atoms with Crippen molar-refractivity contribution in [2.45, 2.75) is 39.5 Å². The van der Waals surface area contributed by atoms with E-state index in [1.165, 1.54) is 7.11 Å². The maximum absolute atomic E-state index is 11.9. The third kappa shape index (κ3) is 5.80.